The van der Waals surface area contributed by atoms with E-state index in [1.54, 1.807) is 0 Å². The summed E-state index contributed by atoms with van der Waals surface area (Å²) in [4.78, 5) is 0. The topological polar surface area (TPSA) is 0 Å². The molecule has 0 atom stereocenters. The van der Waals surface area contributed by atoms with E-state index in [-0.39, 0.29) is 0 Å². The molecule has 0 aliphatic rings. The quantitative estimate of drug-likeness (QED) is 0.436. The minimum Gasteiger partial charge on any atom is -0.0990 e. The first kappa shape index (κ1) is 2.66. The third-order valence-corrected chi connectivity index (χ3v) is 1.41. The maximum absolute atomic E-state index is 6.91. The van der Waals surface area contributed by atoms with Crippen LogP contribution in [0.4, 0.5) is 0 Å². The van der Waals surface area contributed by atoms with Crippen LogP contribution >= 0.6 is 0 Å². The van der Waals surface area contributed by atoms with Crippen molar-refractivity contribution in [2.24, 2.45) is 5.92 Å². The highest BCUT2D eigenvalue weighted by atomic mass is 27.0. The Kier molecular flexibility index (Phi) is 1.47. The van der Waals surface area contributed by atoms with Crippen LogP contribution in [0.5, 0.6) is 0 Å². The molecule has 0 aliphatic heterocycles. The highest BCUT2D eigenvalue weighted by Crippen LogP contribution is 1.92. The maximum Gasteiger partial charge on any atom is 0.212 e. The normalized spacial score (nSPS) is 14.2. The first-order valence-corrected chi connectivity index (χ1v) is 2.79. The second kappa shape index (κ2) is 2.75. The van der Waals surface area contributed by atoms with Gasteiger partial charge in [-0.25, -0.2) is 0 Å². The first-order chi connectivity index (χ1) is 3.13. The Morgan fingerprint density at radius 3 is 2.60 bits per heavy atom. The average Bonchev–Trinajstić information content (AvgIpc) is 1.27. The van der Waals surface area contributed by atoms with Crippen molar-refractivity contribution in [2.75, 3.05) is 0 Å². The third-order valence-electron chi connectivity index (χ3n) is 0.471. The summed E-state index contributed by atoms with van der Waals surface area (Å²) in [5.41, 5.74) is 0. The van der Waals surface area contributed by atoms with Gasteiger partial charge in [-0.2, -0.15) is 0 Å². The molecule has 0 N–H and O–H groups in total. The lowest BCUT2D eigenvalue weighted by atomic mass is 10.3. The van der Waals surface area contributed by atoms with Gasteiger partial charge in [0.05, 0.1) is 0 Å². The molecule has 1 heteroatoms. The molecule has 0 saturated heterocycles. The van der Waals surface area contributed by atoms with Crippen LogP contribution in [0.1, 0.15) is 13.8 Å². The van der Waals surface area contributed by atoms with E-state index < -0.39 is 16.0 Å². The highest BCUT2D eigenvalue weighted by Gasteiger charge is 1.80. The fourth-order valence-corrected chi connectivity index (χ4v) is 0. The van der Waals surface area contributed by atoms with Crippen LogP contribution in [-0.4, -0.2) is 17.9 Å². The van der Waals surface area contributed by atoms with E-state index in [0.717, 1.165) is 5.28 Å². The van der Waals surface area contributed by atoms with Gasteiger partial charge in [-0.05, 0) is 0 Å². The molecule has 0 saturated carbocycles. The third kappa shape index (κ3) is 4.53. The fourth-order valence-electron chi connectivity index (χ4n) is 0. The average molecular weight is 88.1 g/mol. The lowest BCUT2D eigenvalue weighted by Gasteiger charge is -1.90. The molecule has 30 valence electrons. The fraction of sp³-hybridized carbons (Fsp3) is 1.00. The second-order valence-corrected chi connectivity index (χ2v) is 2.10. The summed E-state index contributed by atoms with van der Waals surface area (Å²) >= 11 is -1.73. The van der Waals surface area contributed by atoms with Crippen molar-refractivity contribution in [3.05, 3.63) is 0 Å². The number of hydrogen-bond donors (Lipinski definition) is 0. The SMILES string of the molecule is [2H][Al]([2H])[CH2]C(C)C. The van der Waals surface area contributed by atoms with Gasteiger partial charge in [-0.1, -0.05) is 26.9 Å². The van der Waals surface area contributed by atoms with Gasteiger partial charge in [-0.3, -0.25) is 0 Å². The smallest absolute Gasteiger partial charge is 0.0990 e. The highest BCUT2D eigenvalue weighted by molar-refractivity contribution is 6.08. The van der Waals surface area contributed by atoms with Crippen LogP contribution < -0.4 is 0 Å². The lowest BCUT2D eigenvalue weighted by Crippen LogP contribution is -1.80. The molecule has 0 fully saturated rings. The standard InChI is InChI=1S/C4H9.Al.2H/c1-4(2)3;;;/h4H,1H2,2-3H3;;;/i;;2*1+1. The second-order valence-electron chi connectivity index (χ2n) is 1.63. The summed E-state index contributed by atoms with van der Waals surface area (Å²) in [5.74, 6) is 0.562. The molecule has 0 spiro atoms. The molecule has 0 unspecified atom stereocenters. The summed E-state index contributed by atoms with van der Waals surface area (Å²) in [7, 11) is 0. The van der Waals surface area contributed by atoms with E-state index in [1.807, 2.05) is 0 Å². The predicted octanol–water partition coefficient (Wildman–Crippen LogP) is 0.694. The Labute approximate surface area is 43.7 Å². The molecule has 0 radical (unpaired) electrons. The molecule has 0 amide bonds. The lowest BCUT2D eigenvalue weighted by molar-refractivity contribution is 0.735. The maximum atomic E-state index is 6.91. The zero-order chi connectivity index (χ0) is 5.86. The van der Waals surface area contributed by atoms with Crippen LogP contribution in [0.3, 0.4) is 0 Å². The first-order valence-electron chi connectivity index (χ1n) is 3.13. The molecular formula is C4H11Al. The van der Waals surface area contributed by atoms with E-state index >= 15 is 0 Å². The Morgan fingerprint density at radius 1 is 2.00 bits per heavy atom. The minimum atomic E-state index is -1.73. The van der Waals surface area contributed by atoms with Gasteiger partial charge in [-0.15, -0.1) is 0 Å². The summed E-state index contributed by atoms with van der Waals surface area (Å²) in [5, 5.41) is 0.833. The van der Waals surface area contributed by atoms with Gasteiger partial charge in [0.1, 0.15) is 0 Å². The van der Waals surface area contributed by atoms with Gasteiger partial charge in [0.25, 0.3) is 0 Å². The largest absolute Gasteiger partial charge is 0.212 e. The van der Waals surface area contributed by atoms with Gasteiger partial charge < -0.3 is 0 Å². The van der Waals surface area contributed by atoms with E-state index in [4.69, 9.17) is 1.88 Å². The van der Waals surface area contributed by atoms with E-state index in [9.17, 15) is 0 Å². The van der Waals surface area contributed by atoms with Crippen molar-refractivity contribution in [3.8, 4) is 0 Å². The van der Waals surface area contributed by atoms with Crippen LogP contribution in [0.25, 0.3) is 0 Å². The van der Waals surface area contributed by atoms with Crippen molar-refractivity contribution >= 4 is 16.0 Å². The monoisotopic (exact) mass is 88.1 g/mol. The Bertz CT molecular complexity index is 39.0. The van der Waals surface area contributed by atoms with Gasteiger partial charge in [0, 0.05) is 0 Å². The van der Waals surface area contributed by atoms with Crippen LogP contribution in [0.15, 0.2) is 0 Å². The molecule has 0 nitrogen and oxygen atoms in total. The molecular weight excluding hydrogens is 75.0 g/mol. The molecule has 0 aromatic heterocycles. The zero-order valence-electron chi connectivity index (χ0n) is 5.86. The number of rotatable bonds is 2. The van der Waals surface area contributed by atoms with E-state index in [0.29, 0.717) is 5.92 Å². The molecule has 0 rings (SSSR count). The zero-order valence-corrected chi connectivity index (χ0v) is 5.02. The molecule has 0 aromatic carbocycles. The van der Waals surface area contributed by atoms with Crippen LogP contribution in [-0.2, 0) is 0 Å². The van der Waals surface area contributed by atoms with Crippen molar-refractivity contribution in [1.82, 2.24) is 0 Å². The van der Waals surface area contributed by atoms with Gasteiger partial charge >= 0.3 is 0 Å². The van der Waals surface area contributed by atoms with Crippen molar-refractivity contribution in [2.45, 2.75) is 19.1 Å². The Morgan fingerprint density at radius 2 is 2.60 bits per heavy atom. The summed E-state index contributed by atoms with van der Waals surface area (Å²) in [6.07, 6.45) is 0. The summed E-state index contributed by atoms with van der Waals surface area (Å²) in [6.45, 7) is 4.12. The van der Waals surface area contributed by atoms with Crippen molar-refractivity contribution in [3.63, 3.8) is 0 Å². The van der Waals surface area contributed by atoms with Gasteiger partial charge in [0.15, 0.2) is 0 Å². The van der Waals surface area contributed by atoms with Crippen molar-refractivity contribution < 1.29 is 0 Å². The van der Waals surface area contributed by atoms with Crippen LogP contribution in [0.2, 0.25) is 5.28 Å². The Balaban J connectivity index is 2.95. The Hall–Kier alpha value is 0.532. The summed E-state index contributed by atoms with van der Waals surface area (Å²) in [6, 6.07) is 0. The molecule has 0 heterocycles. The summed E-state index contributed by atoms with van der Waals surface area (Å²) < 4.78 is 13.8. The molecule has 0 aromatic rings. The predicted molar refractivity (Wildman–Crippen MR) is 28.2 cm³/mol. The minimum absolute atomic E-state index is 0.562. The van der Waals surface area contributed by atoms with Crippen molar-refractivity contribution in [1.29, 1.82) is 1.88 Å². The van der Waals surface area contributed by atoms with Crippen LogP contribution in [0, 0.1) is 5.92 Å². The molecule has 5 heavy (non-hydrogen) atoms. The van der Waals surface area contributed by atoms with Gasteiger partial charge in [0.2, 0.25) is 16.0 Å². The van der Waals surface area contributed by atoms with E-state index in [1.165, 1.54) is 0 Å². The van der Waals surface area contributed by atoms with E-state index in [2.05, 4.69) is 13.8 Å². The molecule has 0 bridgehead atoms. The number of hydrogen-bond acceptors (Lipinski definition) is 0. The molecule has 0 aliphatic carbocycles.